The fourth-order valence-corrected chi connectivity index (χ4v) is 1.38. The molecule has 0 saturated heterocycles. The Morgan fingerprint density at radius 1 is 0.812 bits per heavy atom. The summed E-state index contributed by atoms with van der Waals surface area (Å²) in [6.07, 6.45) is 0. The minimum Gasteiger partial charge on any atom is -0.0827 e. The van der Waals surface area contributed by atoms with E-state index < -0.39 is 0 Å². The van der Waals surface area contributed by atoms with Gasteiger partial charge in [0.1, 0.15) is 0 Å². The Hall–Kier alpha value is -2.26. The standard InChI is InChI=1S/C16H12/c1-14(16-10-6-3-7-11-16)12-13-15-8-4-2-5-9-15/h2-11H,1H2. The van der Waals surface area contributed by atoms with Crippen LogP contribution in [0.4, 0.5) is 0 Å². The first-order chi connectivity index (χ1) is 7.86. The normalized spacial score (nSPS) is 9.00. The molecule has 0 bridgehead atoms. The molecule has 0 fully saturated rings. The molecule has 2 rings (SSSR count). The van der Waals surface area contributed by atoms with Crippen molar-refractivity contribution in [3.8, 4) is 11.8 Å². The smallest absolute Gasteiger partial charge is 0.0249 e. The van der Waals surface area contributed by atoms with Crippen molar-refractivity contribution in [2.75, 3.05) is 0 Å². The molecule has 0 N–H and O–H groups in total. The molecule has 0 saturated carbocycles. The van der Waals surface area contributed by atoms with Crippen molar-refractivity contribution in [1.29, 1.82) is 0 Å². The van der Waals surface area contributed by atoms with Gasteiger partial charge in [-0.2, -0.15) is 0 Å². The van der Waals surface area contributed by atoms with E-state index in [0.29, 0.717) is 0 Å². The maximum atomic E-state index is 3.97. The topological polar surface area (TPSA) is 0 Å². The molecule has 0 aliphatic heterocycles. The minimum atomic E-state index is 0.851. The largest absolute Gasteiger partial charge is 0.0827 e. The Morgan fingerprint density at radius 2 is 1.38 bits per heavy atom. The molecule has 2 aromatic carbocycles. The van der Waals surface area contributed by atoms with Gasteiger partial charge in [-0.05, 0) is 17.7 Å². The summed E-state index contributed by atoms with van der Waals surface area (Å²) in [4.78, 5) is 0. The number of rotatable bonds is 1. The second kappa shape index (κ2) is 5.00. The van der Waals surface area contributed by atoms with Gasteiger partial charge in [-0.3, -0.25) is 0 Å². The molecule has 0 radical (unpaired) electrons. The van der Waals surface area contributed by atoms with Gasteiger partial charge in [-0.25, -0.2) is 0 Å². The zero-order chi connectivity index (χ0) is 11.2. The molecule has 0 atom stereocenters. The lowest BCUT2D eigenvalue weighted by molar-refractivity contribution is 1.63. The first kappa shape index (κ1) is 10.3. The molecule has 0 aromatic heterocycles. The van der Waals surface area contributed by atoms with E-state index in [4.69, 9.17) is 0 Å². The van der Waals surface area contributed by atoms with Gasteiger partial charge in [0.2, 0.25) is 0 Å². The molecule has 0 nitrogen and oxygen atoms in total. The number of allylic oxidation sites excluding steroid dienone is 1. The molecular weight excluding hydrogens is 192 g/mol. The van der Waals surface area contributed by atoms with Gasteiger partial charge in [0.05, 0.1) is 0 Å². The highest BCUT2D eigenvalue weighted by Gasteiger charge is 1.91. The predicted octanol–water partition coefficient (Wildman–Crippen LogP) is 3.75. The summed E-state index contributed by atoms with van der Waals surface area (Å²) < 4.78 is 0. The van der Waals surface area contributed by atoms with E-state index in [1.54, 1.807) is 0 Å². The Bertz CT molecular complexity index is 525. The van der Waals surface area contributed by atoms with Crippen molar-refractivity contribution < 1.29 is 0 Å². The second-order valence-electron chi connectivity index (χ2n) is 3.46. The molecule has 16 heavy (non-hydrogen) atoms. The van der Waals surface area contributed by atoms with Crippen LogP contribution in [-0.2, 0) is 0 Å². The SMILES string of the molecule is C=C(C#Cc1ccccc1)c1ccccc1. The van der Waals surface area contributed by atoms with Crippen molar-refractivity contribution in [2.24, 2.45) is 0 Å². The first-order valence-corrected chi connectivity index (χ1v) is 5.17. The van der Waals surface area contributed by atoms with E-state index in [-0.39, 0.29) is 0 Å². The fraction of sp³-hybridized carbons (Fsp3) is 0. The second-order valence-corrected chi connectivity index (χ2v) is 3.46. The average molecular weight is 204 g/mol. The Labute approximate surface area is 96.3 Å². The van der Waals surface area contributed by atoms with Crippen LogP contribution in [-0.4, -0.2) is 0 Å². The maximum Gasteiger partial charge on any atom is 0.0249 e. The number of hydrogen-bond donors (Lipinski definition) is 0. The quantitative estimate of drug-likeness (QED) is 0.620. The summed E-state index contributed by atoms with van der Waals surface area (Å²) in [5, 5.41) is 0. The van der Waals surface area contributed by atoms with Crippen molar-refractivity contribution >= 4 is 5.57 Å². The van der Waals surface area contributed by atoms with Crippen LogP contribution in [0.1, 0.15) is 11.1 Å². The zero-order valence-electron chi connectivity index (χ0n) is 8.98. The van der Waals surface area contributed by atoms with Crippen LogP contribution in [0.15, 0.2) is 67.2 Å². The highest BCUT2D eigenvalue weighted by Crippen LogP contribution is 2.10. The average Bonchev–Trinajstić information content (AvgIpc) is 2.38. The van der Waals surface area contributed by atoms with E-state index in [1.807, 2.05) is 60.7 Å². The fourth-order valence-electron chi connectivity index (χ4n) is 1.38. The van der Waals surface area contributed by atoms with Crippen LogP contribution in [0.2, 0.25) is 0 Å². The van der Waals surface area contributed by atoms with Crippen LogP contribution in [0.25, 0.3) is 5.57 Å². The van der Waals surface area contributed by atoms with Gasteiger partial charge in [0.25, 0.3) is 0 Å². The van der Waals surface area contributed by atoms with Gasteiger partial charge >= 0.3 is 0 Å². The highest BCUT2D eigenvalue weighted by atomic mass is 13.9. The monoisotopic (exact) mass is 204 g/mol. The summed E-state index contributed by atoms with van der Waals surface area (Å²) in [5.41, 5.74) is 2.94. The lowest BCUT2D eigenvalue weighted by atomic mass is 10.1. The van der Waals surface area contributed by atoms with Crippen LogP contribution in [0.5, 0.6) is 0 Å². The summed E-state index contributed by atoms with van der Waals surface area (Å²) in [5.74, 6) is 6.16. The van der Waals surface area contributed by atoms with Crippen LogP contribution in [0.3, 0.4) is 0 Å². The van der Waals surface area contributed by atoms with Gasteiger partial charge < -0.3 is 0 Å². The highest BCUT2D eigenvalue weighted by molar-refractivity contribution is 5.77. The third-order valence-corrected chi connectivity index (χ3v) is 2.25. The lowest BCUT2D eigenvalue weighted by Crippen LogP contribution is -1.78. The number of hydrogen-bond acceptors (Lipinski definition) is 0. The van der Waals surface area contributed by atoms with E-state index >= 15 is 0 Å². The van der Waals surface area contributed by atoms with E-state index in [2.05, 4.69) is 18.4 Å². The van der Waals surface area contributed by atoms with E-state index in [1.165, 1.54) is 0 Å². The van der Waals surface area contributed by atoms with Gasteiger partial charge in [-0.1, -0.05) is 67.0 Å². The van der Waals surface area contributed by atoms with Crippen LogP contribution < -0.4 is 0 Å². The van der Waals surface area contributed by atoms with Crippen LogP contribution in [0, 0.1) is 11.8 Å². The van der Waals surface area contributed by atoms with Crippen molar-refractivity contribution in [3.05, 3.63) is 78.4 Å². The predicted molar refractivity (Wildman–Crippen MR) is 68.8 cm³/mol. The Kier molecular flexibility index (Phi) is 3.21. The summed E-state index contributed by atoms with van der Waals surface area (Å²) in [7, 11) is 0. The van der Waals surface area contributed by atoms with Crippen molar-refractivity contribution in [2.45, 2.75) is 0 Å². The third kappa shape index (κ3) is 2.62. The molecule has 0 heteroatoms. The van der Waals surface area contributed by atoms with Crippen LogP contribution >= 0.6 is 0 Å². The lowest BCUT2D eigenvalue weighted by Gasteiger charge is -1.95. The molecule has 2 aromatic rings. The van der Waals surface area contributed by atoms with Crippen molar-refractivity contribution in [3.63, 3.8) is 0 Å². The van der Waals surface area contributed by atoms with Gasteiger partial charge in [0, 0.05) is 11.1 Å². The minimum absolute atomic E-state index is 0.851. The molecule has 76 valence electrons. The molecule has 0 aliphatic rings. The van der Waals surface area contributed by atoms with E-state index in [0.717, 1.165) is 16.7 Å². The van der Waals surface area contributed by atoms with E-state index in [9.17, 15) is 0 Å². The third-order valence-electron chi connectivity index (χ3n) is 2.25. The molecule has 0 heterocycles. The molecule has 0 unspecified atom stereocenters. The van der Waals surface area contributed by atoms with Crippen molar-refractivity contribution in [1.82, 2.24) is 0 Å². The molecule has 0 spiro atoms. The first-order valence-electron chi connectivity index (χ1n) is 5.17. The zero-order valence-corrected chi connectivity index (χ0v) is 8.98. The molecule has 0 amide bonds. The summed E-state index contributed by atoms with van der Waals surface area (Å²) >= 11 is 0. The molecular formula is C16H12. The Morgan fingerprint density at radius 3 is 2.00 bits per heavy atom. The Balaban J connectivity index is 2.18. The molecule has 0 aliphatic carbocycles. The van der Waals surface area contributed by atoms with Gasteiger partial charge in [-0.15, -0.1) is 0 Å². The summed E-state index contributed by atoms with van der Waals surface area (Å²) in [6.45, 7) is 3.97. The maximum absolute atomic E-state index is 3.97. The number of benzene rings is 2. The summed E-state index contributed by atoms with van der Waals surface area (Å²) in [6, 6.07) is 19.9. The van der Waals surface area contributed by atoms with Gasteiger partial charge in [0.15, 0.2) is 0 Å².